The summed E-state index contributed by atoms with van der Waals surface area (Å²) in [6.45, 7) is 19.0. The molecule has 0 nitrogen and oxygen atoms in total. The highest BCUT2D eigenvalue weighted by Gasteiger charge is 2.58. The van der Waals surface area contributed by atoms with Gasteiger partial charge in [0.05, 0.1) is 0 Å². The van der Waals surface area contributed by atoms with Crippen LogP contribution in [0.4, 0.5) is 0 Å². The van der Waals surface area contributed by atoms with Crippen molar-refractivity contribution >= 4 is 6.71 Å². The van der Waals surface area contributed by atoms with E-state index < -0.39 is 0 Å². The Labute approximate surface area is 171 Å². The number of hydrogen-bond donors (Lipinski definition) is 0. The maximum absolute atomic E-state index is 2.66. The molecular weight excluding hydrogens is 323 g/mol. The molecule has 0 N–H and O–H groups in total. The summed E-state index contributed by atoms with van der Waals surface area (Å²) in [4.78, 5) is 0. The fourth-order valence-electron chi connectivity index (χ4n) is 9.06. The van der Waals surface area contributed by atoms with Gasteiger partial charge in [-0.1, -0.05) is 98.8 Å². The van der Waals surface area contributed by atoms with Crippen molar-refractivity contribution in [3.8, 4) is 0 Å². The Balaban J connectivity index is 1.50. The van der Waals surface area contributed by atoms with Gasteiger partial charge in [-0.3, -0.25) is 0 Å². The van der Waals surface area contributed by atoms with Crippen LogP contribution in [0.5, 0.6) is 0 Å². The minimum Gasteiger partial charge on any atom is -0.208 e. The van der Waals surface area contributed by atoms with Crippen LogP contribution in [-0.4, -0.2) is 6.71 Å². The van der Waals surface area contributed by atoms with E-state index in [9.17, 15) is 0 Å². The molecule has 0 spiro atoms. The van der Waals surface area contributed by atoms with Crippen LogP contribution in [0.2, 0.25) is 18.0 Å². The van der Waals surface area contributed by atoms with Crippen molar-refractivity contribution in [2.75, 3.05) is 0 Å². The summed E-state index contributed by atoms with van der Waals surface area (Å²) in [6.07, 6.45) is 13.6. The highest BCUT2D eigenvalue weighted by molar-refractivity contribution is 6.62. The van der Waals surface area contributed by atoms with Crippen LogP contribution in [0, 0.1) is 46.3 Å². The standard InChI is InChI=1S/C26H47B/c1-8-9-10-11-12-27(23-15-19-13-21(17(23)2)25(19,4)5)24-16-20-14-22(18(24)3)26(20,6)7/h17-24H,8-16H2,1-7H3/q-1/t17-,18-,19+,20+,21-,22-,23-,24-/m0/s1. The van der Waals surface area contributed by atoms with E-state index in [0.29, 0.717) is 10.8 Å². The molecule has 27 heavy (non-hydrogen) atoms. The normalized spacial score (nSPS) is 46.7. The third-order valence-corrected chi connectivity index (χ3v) is 11.3. The second-order valence-electron chi connectivity index (χ2n) is 12.8. The van der Waals surface area contributed by atoms with E-state index in [2.05, 4.69) is 48.5 Å². The van der Waals surface area contributed by atoms with Crippen LogP contribution < -0.4 is 0 Å². The molecule has 1 heteroatoms. The van der Waals surface area contributed by atoms with Gasteiger partial charge in [0, 0.05) is 0 Å². The van der Waals surface area contributed by atoms with E-state index in [1.54, 1.807) is 32.0 Å². The zero-order chi connectivity index (χ0) is 19.6. The predicted octanol–water partition coefficient (Wildman–Crippen LogP) is 8.21. The summed E-state index contributed by atoms with van der Waals surface area (Å²) in [5, 5.41) is 0. The van der Waals surface area contributed by atoms with E-state index in [4.69, 9.17) is 0 Å². The summed E-state index contributed by atoms with van der Waals surface area (Å²) in [5.74, 6) is 8.12. The molecule has 155 valence electrons. The van der Waals surface area contributed by atoms with Crippen LogP contribution in [0.25, 0.3) is 0 Å². The second kappa shape index (κ2) is 7.09. The van der Waals surface area contributed by atoms with Crippen molar-refractivity contribution in [3.63, 3.8) is 0 Å². The van der Waals surface area contributed by atoms with Gasteiger partial charge in [0.15, 0.2) is 0 Å². The van der Waals surface area contributed by atoms with Gasteiger partial charge in [-0.25, -0.2) is 6.32 Å². The smallest absolute Gasteiger partial charge is 0.0297 e. The van der Waals surface area contributed by atoms with E-state index in [1.807, 2.05) is 0 Å². The minimum atomic E-state index is 0.644. The van der Waals surface area contributed by atoms with Crippen molar-refractivity contribution in [1.29, 1.82) is 0 Å². The number of unbranched alkanes of at least 4 members (excludes halogenated alkanes) is 3. The first-order chi connectivity index (χ1) is 12.7. The second-order valence-corrected chi connectivity index (χ2v) is 12.8. The average Bonchev–Trinajstić information content (AvgIpc) is 2.62. The van der Waals surface area contributed by atoms with Gasteiger partial charge in [0.25, 0.3) is 0 Å². The summed E-state index contributed by atoms with van der Waals surface area (Å²) in [5.41, 5.74) is 1.29. The fourth-order valence-corrected chi connectivity index (χ4v) is 9.06. The Bertz CT molecular complexity index is 492. The number of rotatable bonds is 7. The van der Waals surface area contributed by atoms with Crippen LogP contribution in [0.1, 0.15) is 99.8 Å². The molecule has 0 aromatic heterocycles. The van der Waals surface area contributed by atoms with Gasteiger partial charge in [-0.15, -0.1) is 6.71 Å². The van der Waals surface area contributed by atoms with E-state index >= 15 is 0 Å². The highest BCUT2D eigenvalue weighted by Crippen LogP contribution is 2.69. The maximum atomic E-state index is 2.66. The third kappa shape index (κ3) is 3.07. The quantitative estimate of drug-likeness (QED) is 0.313. The molecule has 1 radical (unpaired) electrons. The Morgan fingerprint density at radius 1 is 0.704 bits per heavy atom. The van der Waals surface area contributed by atoms with Crippen molar-refractivity contribution in [3.05, 3.63) is 0 Å². The number of fused-ring (bicyclic) bond motifs is 4. The van der Waals surface area contributed by atoms with Gasteiger partial charge in [-0.05, 0) is 47.3 Å². The molecule has 6 saturated carbocycles. The molecule has 8 atom stereocenters. The van der Waals surface area contributed by atoms with Crippen molar-refractivity contribution in [2.45, 2.75) is 118 Å². The minimum absolute atomic E-state index is 0.644. The summed E-state index contributed by atoms with van der Waals surface area (Å²) >= 11 is 0. The third-order valence-electron chi connectivity index (χ3n) is 11.3. The summed E-state index contributed by atoms with van der Waals surface area (Å²) in [7, 11) is 0. The lowest BCUT2D eigenvalue weighted by molar-refractivity contribution is -0.107. The topological polar surface area (TPSA) is 0 Å². The first-order valence-electron chi connectivity index (χ1n) is 12.7. The maximum Gasteiger partial charge on any atom is -0.0297 e. The lowest BCUT2D eigenvalue weighted by Gasteiger charge is -2.71. The van der Waals surface area contributed by atoms with Crippen molar-refractivity contribution in [2.24, 2.45) is 46.3 Å². The van der Waals surface area contributed by atoms with Gasteiger partial charge in [-0.2, -0.15) is 11.6 Å². The van der Waals surface area contributed by atoms with Crippen molar-refractivity contribution < 1.29 is 0 Å². The summed E-state index contributed by atoms with van der Waals surface area (Å²) in [6, 6.07) is 0. The van der Waals surface area contributed by atoms with Crippen LogP contribution in [0.15, 0.2) is 0 Å². The molecular formula is C26H47B-. The zero-order valence-electron chi connectivity index (χ0n) is 19.6. The van der Waals surface area contributed by atoms with Crippen LogP contribution >= 0.6 is 0 Å². The summed E-state index contributed by atoms with van der Waals surface area (Å²) < 4.78 is 0. The molecule has 0 aromatic rings. The van der Waals surface area contributed by atoms with Crippen molar-refractivity contribution in [1.82, 2.24) is 0 Å². The largest absolute Gasteiger partial charge is 0.208 e. The monoisotopic (exact) mass is 370 g/mol. The molecule has 0 unspecified atom stereocenters. The molecule has 0 heterocycles. The highest BCUT2D eigenvalue weighted by atomic mass is 14.6. The predicted molar refractivity (Wildman–Crippen MR) is 121 cm³/mol. The van der Waals surface area contributed by atoms with Gasteiger partial charge >= 0.3 is 0 Å². The van der Waals surface area contributed by atoms with Crippen LogP contribution in [-0.2, 0) is 0 Å². The Kier molecular flexibility index (Phi) is 5.34. The molecule has 0 aromatic carbocycles. The van der Waals surface area contributed by atoms with Crippen LogP contribution in [0.3, 0.4) is 0 Å². The Morgan fingerprint density at radius 2 is 1.19 bits per heavy atom. The van der Waals surface area contributed by atoms with Gasteiger partial charge in [0.2, 0.25) is 0 Å². The molecule has 0 aliphatic heterocycles. The van der Waals surface area contributed by atoms with E-state index in [1.165, 1.54) is 25.7 Å². The SMILES string of the molecule is CCCCCC[B-]([C@H]1C[C@H]2C[C@@H]([C@@H]1C)C2(C)C)[C@H]1C[C@H]2C[C@@H]([C@@H]1C)C2(C)C. The first-order valence-corrected chi connectivity index (χ1v) is 12.7. The molecule has 4 bridgehead atoms. The van der Waals surface area contributed by atoms with E-state index in [-0.39, 0.29) is 0 Å². The molecule has 6 rings (SSSR count). The Morgan fingerprint density at radius 3 is 1.56 bits per heavy atom. The fraction of sp³-hybridized carbons (Fsp3) is 1.00. The van der Waals surface area contributed by atoms with Gasteiger partial charge in [0.1, 0.15) is 0 Å². The lowest BCUT2D eigenvalue weighted by atomic mass is 9.20. The number of hydrogen-bond acceptors (Lipinski definition) is 0. The average molecular weight is 370 g/mol. The first kappa shape index (κ1) is 20.3. The van der Waals surface area contributed by atoms with Gasteiger partial charge < -0.3 is 0 Å². The molecule has 0 saturated heterocycles. The lowest BCUT2D eigenvalue weighted by Crippen LogP contribution is -2.59. The molecule has 6 aliphatic rings. The zero-order valence-corrected chi connectivity index (χ0v) is 19.6. The van der Waals surface area contributed by atoms with E-state index in [0.717, 1.165) is 53.9 Å². The molecule has 0 amide bonds. The Hall–Kier alpha value is 0.0649. The molecule has 6 fully saturated rings. The molecule has 6 aliphatic carbocycles.